The van der Waals surface area contributed by atoms with Crippen molar-refractivity contribution in [3.8, 4) is 0 Å². The molecule has 40 heavy (non-hydrogen) atoms. The minimum absolute atomic E-state index is 0.0559. The average Bonchev–Trinajstić information content (AvgIpc) is 3.27. The van der Waals surface area contributed by atoms with E-state index in [4.69, 9.17) is 0 Å². The Bertz CT molecular complexity index is 910. The predicted octanol–water partition coefficient (Wildman–Crippen LogP) is 8.11. The summed E-state index contributed by atoms with van der Waals surface area (Å²) in [5.74, 6) is 5.74. The van der Waals surface area contributed by atoms with Gasteiger partial charge in [0.15, 0.2) is 0 Å². The molecular weight excluding hydrogens is 492 g/mol. The zero-order valence-electron chi connectivity index (χ0n) is 27.1. The van der Waals surface area contributed by atoms with Crippen LogP contribution in [-0.4, -0.2) is 31.3 Å². The molecule has 0 aromatic rings. The summed E-state index contributed by atoms with van der Waals surface area (Å²) >= 11 is 0. The fraction of sp³-hybridized carbons (Fsp3) is 0.889. The first-order valence-corrected chi connectivity index (χ1v) is 17.2. The number of nitrogens with one attached hydrogen (secondary N) is 2. The standard InChI is InChI=1S/C36H62N2O2/c1-24(2)11-10-12-25(3)30-16-17-31-29-15-14-28-23-27(18-20-35(28,5)32(29)19-21-36(30,31)6)34(40)38-22-9-8-13-33(37-7)26(4)39/h14,24-25,27,29-33,37H,8-13,15-23H2,1-7H3,(H,38,40)/t25?,27?,29?,30?,31?,32?,33-,35?,36?/m0/s1. The van der Waals surface area contributed by atoms with Crippen molar-refractivity contribution in [2.75, 3.05) is 13.6 Å². The quantitative estimate of drug-likeness (QED) is 0.179. The zero-order valence-corrected chi connectivity index (χ0v) is 27.1. The molecule has 4 aliphatic rings. The SMILES string of the molecule is CN[C@@H](CCCCNC(=O)C1CCC2(C)C(=CCC3C2CCC2(C)C(C(C)CCCC(C)C)CCC32)C1)C(C)=O. The third-order valence-electron chi connectivity index (χ3n) is 12.7. The van der Waals surface area contributed by atoms with Crippen molar-refractivity contribution in [1.82, 2.24) is 10.6 Å². The van der Waals surface area contributed by atoms with Gasteiger partial charge in [-0.05, 0) is 131 Å². The van der Waals surface area contributed by atoms with Gasteiger partial charge in [-0.15, -0.1) is 0 Å². The molecule has 8 unspecified atom stereocenters. The van der Waals surface area contributed by atoms with Crippen LogP contribution in [0, 0.1) is 52.3 Å². The fourth-order valence-corrected chi connectivity index (χ4v) is 10.3. The molecule has 4 nitrogen and oxygen atoms in total. The number of allylic oxidation sites excluding steroid dienone is 2. The zero-order chi connectivity index (χ0) is 29.1. The molecule has 4 heteroatoms. The van der Waals surface area contributed by atoms with Crippen LogP contribution in [0.4, 0.5) is 0 Å². The van der Waals surface area contributed by atoms with Crippen molar-refractivity contribution in [1.29, 1.82) is 0 Å². The lowest BCUT2D eigenvalue weighted by Gasteiger charge is -2.58. The van der Waals surface area contributed by atoms with Gasteiger partial charge in [0.25, 0.3) is 0 Å². The van der Waals surface area contributed by atoms with Crippen molar-refractivity contribution >= 4 is 11.7 Å². The predicted molar refractivity (Wildman–Crippen MR) is 167 cm³/mol. The summed E-state index contributed by atoms with van der Waals surface area (Å²) in [5.41, 5.74) is 2.45. The van der Waals surface area contributed by atoms with E-state index in [2.05, 4.69) is 51.3 Å². The summed E-state index contributed by atoms with van der Waals surface area (Å²) in [7, 11) is 1.85. The Labute approximate surface area is 246 Å². The lowest BCUT2D eigenvalue weighted by Crippen LogP contribution is -2.51. The van der Waals surface area contributed by atoms with E-state index >= 15 is 0 Å². The molecule has 0 saturated heterocycles. The highest BCUT2D eigenvalue weighted by Gasteiger charge is 2.59. The van der Waals surface area contributed by atoms with Gasteiger partial charge in [-0.2, -0.15) is 0 Å². The Morgan fingerprint density at radius 2 is 1.73 bits per heavy atom. The van der Waals surface area contributed by atoms with Crippen molar-refractivity contribution in [3.05, 3.63) is 11.6 Å². The minimum atomic E-state index is -0.0559. The summed E-state index contributed by atoms with van der Waals surface area (Å²) < 4.78 is 0. The van der Waals surface area contributed by atoms with E-state index in [0.717, 1.165) is 74.2 Å². The van der Waals surface area contributed by atoms with Gasteiger partial charge in [0.2, 0.25) is 5.91 Å². The second-order valence-electron chi connectivity index (χ2n) is 15.5. The van der Waals surface area contributed by atoms with E-state index < -0.39 is 0 Å². The number of Topliss-reactive ketones (excluding diaryl/α,β-unsaturated/α-hetero) is 1. The summed E-state index contributed by atoms with van der Waals surface area (Å²) in [4.78, 5) is 24.7. The number of ketones is 1. The molecule has 3 saturated carbocycles. The van der Waals surface area contributed by atoms with Gasteiger partial charge in [-0.3, -0.25) is 9.59 Å². The third kappa shape index (κ3) is 6.57. The van der Waals surface area contributed by atoms with Gasteiger partial charge < -0.3 is 10.6 Å². The number of hydrogen-bond acceptors (Lipinski definition) is 3. The molecule has 4 rings (SSSR count). The summed E-state index contributed by atoms with van der Waals surface area (Å²) in [6.07, 6.45) is 19.7. The molecule has 228 valence electrons. The Kier molecular flexibility index (Phi) is 10.7. The molecule has 2 N–H and O–H groups in total. The molecule has 9 atom stereocenters. The number of carbonyl (C=O) groups excluding carboxylic acids is 2. The van der Waals surface area contributed by atoms with Crippen molar-refractivity contribution < 1.29 is 9.59 Å². The highest BCUT2D eigenvalue weighted by Crippen LogP contribution is 2.67. The van der Waals surface area contributed by atoms with Gasteiger partial charge in [-0.1, -0.05) is 65.5 Å². The Hall–Kier alpha value is -1.16. The maximum absolute atomic E-state index is 13.1. The van der Waals surface area contributed by atoms with Crippen LogP contribution >= 0.6 is 0 Å². The topological polar surface area (TPSA) is 58.2 Å². The van der Waals surface area contributed by atoms with Gasteiger partial charge in [-0.25, -0.2) is 0 Å². The summed E-state index contributed by atoms with van der Waals surface area (Å²) in [6.45, 7) is 14.9. The van der Waals surface area contributed by atoms with Crippen molar-refractivity contribution in [3.63, 3.8) is 0 Å². The monoisotopic (exact) mass is 554 g/mol. The molecular formula is C36H62N2O2. The molecule has 0 radical (unpaired) electrons. The van der Waals surface area contributed by atoms with E-state index in [9.17, 15) is 9.59 Å². The largest absolute Gasteiger partial charge is 0.356 e. The number of fused-ring (bicyclic) bond motifs is 5. The van der Waals surface area contributed by atoms with E-state index in [1.54, 1.807) is 12.5 Å². The van der Waals surface area contributed by atoms with Gasteiger partial charge in [0.1, 0.15) is 5.78 Å². The van der Waals surface area contributed by atoms with Crippen LogP contribution < -0.4 is 10.6 Å². The lowest BCUT2D eigenvalue weighted by atomic mass is 9.46. The molecule has 0 bridgehead atoms. The Morgan fingerprint density at radius 3 is 2.42 bits per heavy atom. The second kappa shape index (κ2) is 13.4. The van der Waals surface area contributed by atoms with Crippen LogP contribution in [0.15, 0.2) is 11.6 Å². The summed E-state index contributed by atoms with van der Waals surface area (Å²) in [6, 6.07) is -0.0559. The second-order valence-corrected chi connectivity index (χ2v) is 15.5. The third-order valence-corrected chi connectivity index (χ3v) is 12.7. The molecule has 0 aromatic heterocycles. The highest BCUT2D eigenvalue weighted by atomic mass is 16.2. The molecule has 0 spiro atoms. The van der Waals surface area contributed by atoms with E-state index in [1.165, 1.54) is 57.8 Å². The molecule has 0 aliphatic heterocycles. The normalized spacial score (nSPS) is 36.7. The van der Waals surface area contributed by atoms with Crippen molar-refractivity contribution in [2.24, 2.45) is 52.3 Å². The number of amides is 1. The number of carbonyl (C=O) groups is 2. The highest BCUT2D eigenvalue weighted by molar-refractivity contribution is 5.81. The lowest BCUT2D eigenvalue weighted by molar-refractivity contribution is -0.126. The summed E-state index contributed by atoms with van der Waals surface area (Å²) in [5, 5.41) is 6.33. The van der Waals surface area contributed by atoms with Crippen LogP contribution in [0.25, 0.3) is 0 Å². The van der Waals surface area contributed by atoms with Gasteiger partial charge >= 0.3 is 0 Å². The molecule has 3 fully saturated rings. The van der Waals surface area contributed by atoms with Crippen LogP contribution in [0.5, 0.6) is 0 Å². The van der Waals surface area contributed by atoms with Gasteiger partial charge in [0, 0.05) is 12.5 Å². The van der Waals surface area contributed by atoms with Crippen LogP contribution in [0.1, 0.15) is 131 Å². The van der Waals surface area contributed by atoms with E-state index in [1.807, 2.05) is 7.05 Å². The maximum atomic E-state index is 13.1. The maximum Gasteiger partial charge on any atom is 0.223 e. The average molecular weight is 555 g/mol. The van der Waals surface area contributed by atoms with Crippen LogP contribution in [0.3, 0.4) is 0 Å². The minimum Gasteiger partial charge on any atom is -0.356 e. The number of hydrogen-bond donors (Lipinski definition) is 2. The fourth-order valence-electron chi connectivity index (χ4n) is 10.3. The molecule has 0 heterocycles. The first-order valence-electron chi connectivity index (χ1n) is 17.2. The number of likely N-dealkylation sites (N-methyl/N-ethyl adjacent to an activating group) is 1. The molecule has 4 aliphatic carbocycles. The number of unbranched alkanes of at least 4 members (excludes halogenated alkanes) is 1. The van der Waals surface area contributed by atoms with E-state index in [-0.39, 0.29) is 23.7 Å². The molecule has 1 amide bonds. The van der Waals surface area contributed by atoms with Crippen LogP contribution in [-0.2, 0) is 9.59 Å². The first kappa shape index (κ1) is 31.8. The van der Waals surface area contributed by atoms with Crippen LogP contribution in [0.2, 0.25) is 0 Å². The van der Waals surface area contributed by atoms with E-state index in [0.29, 0.717) is 10.8 Å². The number of rotatable bonds is 13. The first-order chi connectivity index (χ1) is 19.0. The van der Waals surface area contributed by atoms with Gasteiger partial charge in [0.05, 0.1) is 6.04 Å². The molecule has 0 aromatic carbocycles. The Balaban J connectivity index is 1.31. The Morgan fingerprint density at radius 1 is 0.950 bits per heavy atom. The van der Waals surface area contributed by atoms with Crippen molar-refractivity contribution in [2.45, 2.75) is 137 Å². The smallest absolute Gasteiger partial charge is 0.223 e.